The first kappa shape index (κ1) is 16.4. The van der Waals surface area contributed by atoms with E-state index in [0.717, 1.165) is 6.61 Å². The Labute approximate surface area is 105 Å². The molecule has 102 valence electrons. The van der Waals surface area contributed by atoms with E-state index in [1.54, 1.807) is 0 Å². The van der Waals surface area contributed by atoms with Gasteiger partial charge in [-0.15, -0.1) is 0 Å². The van der Waals surface area contributed by atoms with E-state index in [9.17, 15) is 4.79 Å². The number of nitrogens with one attached hydrogen (secondary N) is 1. The number of carbonyl (C=O) groups excluding carboxylic acids is 1. The summed E-state index contributed by atoms with van der Waals surface area (Å²) in [7, 11) is 0. The Balaban J connectivity index is 3.71. The lowest BCUT2D eigenvalue weighted by Gasteiger charge is -2.18. The summed E-state index contributed by atoms with van der Waals surface area (Å²) < 4.78 is 5.56. The van der Waals surface area contributed by atoms with Crippen LogP contribution in [-0.2, 0) is 9.53 Å². The number of hydrogen-bond acceptors (Lipinski definition) is 3. The van der Waals surface area contributed by atoms with Gasteiger partial charge in [0, 0.05) is 19.3 Å². The van der Waals surface area contributed by atoms with Crippen LogP contribution in [0.4, 0.5) is 0 Å². The summed E-state index contributed by atoms with van der Waals surface area (Å²) in [4.78, 5) is 11.2. The molecule has 4 nitrogen and oxygen atoms in total. The molecule has 0 bridgehead atoms. The largest absolute Gasteiger partial charge is 0.381 e. The normalized spacial score (nSPS) is 14.9. The second-order valence-electron chi connectivity index (χ2n) is 5.03. The predicted octanol–water partition coefficient (Wildman–Crippen LogP) is 1.68. The van der Waals surface area contributed by atoms with Gasteiger partial charge in [-0.05, 0) is 18.8 Å². The smallest absolute Gasteiger partial charge is 0.234 e. The molecule has 0 aromatic carbocycles. The first-order valence-corrected chi connectivity index (χ1v) is 6.60. The van der Waals surface area contributed by atoms with Crippen LogP contribution in [0.25, 0.3) is 0 Å². The van der Waals surface area contributed by atoms with Gasteiger partial charge in [0.25, 0.3) is 0 Å². The zero-order valence-electron chi connectivity index (χ0n) is 11.7. The van der Waals surface area contributed by atoms with Gasteiger partial charge < -0.3 is 15.8 Å². The van der Waals surface area contributed by atoms with Crippen molar-refractivity contribution in [2.24, 2.45) is 11.7 Å². The highest BCUT2D eigenvalue weighted by molar-refractivity contribution is 5.79. The first-order chi connectivity index (χ1) is 7.97. The molecule has 0 aliphatic heterocycles. The van der Waals surface area contributed by atoms with Crippen molar-refractivity contribution in [2.45, 2.75) is 59.0 Å². The lowest BCUT2D eigenvalue weighted by molar-refractivity contribution is -0.120. The fourth-order valence-corrected chi connectivity index (χ4v) is 1.77. The average Bonchev–Trinajstić information content (AvgIpc) is 2.22. The highest BCUT2D eigenvalue weighted by Gasteiger charge is 2.15. The third-order valence-corrected chi connectivity index (χ3v) is 2.61. The number of nitrogens with two attached hydrogens (primary N) is 1. The van der Waals surface area contributed by atoms with Gasteiger partial charge in [-0.3, -0.25) is 4.79 Å². The summed E-state index contributed by atoms with van der Waals surface area (Å²) in [5, 5.41) is 3.14. The Hall–Kier alpha value is -0.610. The van der Waals surface area contributed by atoms with Crippen LogP contribution in [0.3, 0.4) is 0 Å². The van der Waals surface area contributed by atoms with Crippen LogP contribution >= 0.6 is 0 Å². The molecule has 0 aromatic heterocycles. The molecular formula is C13H28N2O2. The summed E-state index contributed by atoms with van der Waals surface area (Å²) in [6, 6.07) is -0.0250. The lowest BCUT2D eigenvalue weighted by atomic mass is 10.1. The van der Waals surface area contributed by atoms with Gasteiger partial charge in [0.15, 0.2) is 0 Å². The Bertz CT molecular complexity index is 208. The van der Waals surface area contributed by atoms with Gasteiger partial charge in [0.05, 0.1) is 6.04 Å². The van der Waals surface area contributed by atoms with Crippen molar-refractivity contribution in [3.05, 3.63) is 0 Å². The molecule has 1 amide bonds. The summed E-state index contributed by atoms with van der Waals surface area (Å²) in [6.07, 6.45) is 3.01. The number of hydrogen-bond donors (Lipinski definition) is 2. The molecule has 0 aromatic rings. The molecule has 3 N–H and O–H groups in total. The van der Waals surface area contributed by atoms with Crippen LogP contribution in [0.15, 0.2) is 0 Å². The summed E-state index contributed by atoms with van der Waals surface area (Å²) >= 11 is 0. The monoisotopic (exact) mass is 244 g/mol. The number of ether oxygens (including phenoxy) is 1. The van der Waals surface area contributed by atoms with Crippen molar-refractivity contribution in [1.29, 1.82) is 0 Å². The number of amides is 1. The standard InChI is InChI=1S/C13H28N2O2/c1-5-6-11(4)9-17-8-7-12(13(14)16)15-10(2)3/h10-12,15H,5-9H2,1-4H3,(H2,14,16). The predicted molar refractivity (Wildman–Crippen MR) is 70.8 cm³/mol. The number of carbonyl (C=O) groups is 1. The molecule has 0 spiro atoms. The topological polar surface area (TPSA) is 64.3 Å². The van der Waals surface area contributed by atoms with Crippen LogP contribution in [0.5, 0.6) is 0 Å². The Morgan fingerprint density at radius 2 is 1.94 bits per heavy atom. The molecule has 0 saturated carbocycles. The van der Waals surface area contributed by atoms with Gasteiger partial charge in [0.2, 0.25) is 5.91 Å². The third-order valence-electron chi connectivity index (χ3n) is 2.61. The van der Waals surface area contributed by atoms with Crippen LogP contribution in [0.2, 0.25) is 0 Å². The zero-order chi connectivity index (χ0) is 13.3. The lowest BCUT2D eigenvalue weighted by Crippen LogP contribution is -2.45. The quantitative estimate of drug-likeness (QED) is 0.575. The zero-order valence-corrected chi connectivity index (χ0v) is 11.7. The summed E-state index contributed by atoms with van der Waals surface area (Å²) in [5.41, 5.74) is 5.32. The summed E-state index contributed by atoms with van der Waals surface area (Å²) in [5.74, 6) is 0.286. The van der Waals surface area contributed by atoms with Crippen LogP contribution in [-0.4, -0.2) is 31.2 Å². The third kappa shape index (κ3) is 9.12. The van der Waals surface area contributed by atoms with Crippen molar-refractivity contribution in [1.82, 2.24) is 5.32 Å². The highest BCUT2D eigenvalue weighted by Crippen LogP contribution is 2.05. The number of primary amides is 1. The Kier molecular flexibility index (Phi) is 9.09. The molecule has 2 atom stereocenters. The molecule has 17 heavy (non-hydrogen) atoms. The minimum Gasteiger partial charge on any atom is -0.381 e. The fourth-order valence-electron chi connectivity index (χ4n) is 1.77. The van der Waals surface area contributed by atoms with E-state index in [0.29, 0.717) is 18.9 Å². The Morgan fingerprint density at radius 3 is 2.41 bits per heavy atom. The number of rotatable bonds is 10. The van der Waals surface area contributed by atoms with Gasteiger partial charge in [-0.1, -0.05) is 34.1 Å². The van der Waals surface area contributed by atoms with Crippen LogP contribution in [0, 0.1) is 5.92 Å². The molecule has 0 saturated heterocycles. The SMILES string of the molecule is CCCC(C)COCCC(NC(C)C)C(N)=O. The van der Waals surface area contributed by atoms with E-state index in [-0.39, 0.29) is 18.0 Å². The second-order valence-corrected chi connectivity index (χ2v) is 5.03. The van der Waals surface area contributed by atoms with E-state index < -0.39 is 0 Å². The van der Waals surface area contributed by atoms with Gasteiger partial charge >= 0.3 is 0 Å². The molecular weight excluding hydrogens is 216 g/mol. The van der Waals surface area contributed by atoms with Crippen molar-refractivity contribution >= 4 is 5.91 Å². The molecule has 2 unspecified atom stereocenters. The van der Waals surface area contributed by atoms with Crippen molar-refractivity contribution in [3.63, 3.8) is 0 Å². The van der Waals surface area contributed by atoms with E-state index in [2.05, 4.69) is 19.2 Å². The van der Waals surface area contributed by atoms with Crippen molar-refractivity contribution < 1.29 is 9.53 Å². The van der Waals surface area contributed by atoms with E-state index in [1.165, 1.54) is 12.8 Å². The van der Waals surface area contributed by atoms with Crippen LogP contribution < -0.4 is 11.1 Å². The minimum absolute atomic E-state index is 0.256. The molecule has 4 heteroatoms. The summed E-state index contributed by atoms with van der Waals surface area (Å²) in [6.45, 7) is 9.70. The molecule has 0 aliphatic rings. The van der Waals surface area contributed by atoms with Crippen molar-refractivity contribution in [3.8, 4) is 0 Å². The Morgan fingerprint density at radius 1 is 1.29 bits per heavy atom. The second kappa shape index (κ2) is 9.42. The van der Waals surface area contributed by atoms with Gasteiger partial charge in [0.1, 0.15) is 0 Å². The van der Waals surface area contributed by atoms with E-state index in [4.69, 9.17) is 10.5 Å². The van der Waals surface area contributed by atoms with E-state index >= 15 is 0 Å². The highest BCUT2D eigenvalue weighted by atomic mass is 16.5. The minimum atomic E-state index is -0.302. The first-order valence-electron chi connectivity index (χ1n) is 6.60. The van der Waals surface area contributed by atoms with Gasteiger partial charge in [-0.25, -0.2) is 0 Å². The van der Waals surface area contributed by atoms with Gasteiger partial charge in [-0.2, -0.15) is 0 Å². The maximum Gasteiger partial charge on any atom is 0.234 e. The molecule has 0 radical (unpaired) electrons. The maximum atomic E-state index is 11.2. The maximum absolute atomic E-state index is 11.2. The van der Waals surface area contributed by atoms with E-state index in [1.807, 2.05) is 13.8 Å². The molecule has 0 aliphatic carbocycles. The van der Waals surface area contributed by atoms with Crippen LogP contribution in [0.1, 0.15) is 47.0 Å². The fraction of sp³-hybridized carbons (Fsp3) is 0.923. The molecule has 0 fully saturated rings. The molecule has 0 heterocycles. The molecule has 0 rings (SSSR count). The average molecular weight is 244 g/mol. The van der Waals surface area contributed by atoms with Crippen molar-refractivity contribution in [2.75, 3.05) is 13.2 Å².